The number of ether oxygens (including phenoxy) is 1. The van der Waals surface area contributed by atoms with Crippen LogP contribution in [-0.4, -0.2) is 50.8 Å². The average molecular weight is 558 g/mol. The van der Waals surface area contributed by atoms with Crippen molar-refractivity contribution in [3.05, 3.63) is 84.3 Å². The molecule has 1 amide bonds. The van der Waals surface area contributed by atoms with Crippen LogP contribution >= 0.6 is 0 Å². The van der Waals surface area contributed by atoms with Gasteiger partial charge in [0.15, 0.2) is 0 Å². The van der Waals surface area contributed by atoms with Crippen LogP contribution < -0.4 is 10.1 Å². The number of carbonyl (C=O) groups excluding carboxylic acids is 1. The standard InChI is InChI=1S/C30H29F2N7O2/c1-41-25-5-3-23(4-6-25)36-30-34-13-9-28(37-30)21-18-35-39(19-21)24(8-12-33)16-20-10-14-38(15-11-20)29(40)26-7-2-22(31)17-27(26)32/h2-7,9,13,17-20,24H,8,10-11,14-16H2,1H3,(H,34,36,37). The number of piperidine rings is 1. The Kier molecular flexibility index (Phi) is 8.48. The largest absolute Gasteiger partial charge is 0.497 e. The van der Waals surface area contributed by atoms with E-state index in [0.29, 0.717) is 24.7 Å². The van der Waals surface area contributed by atoms with E-state index in [2.05, 4.69) is 26.5 Å². The molecule has 1 atom stereocenters. The van der Waals surface area contributed by atoms with E-state index in [1.54, 1.807) is 30.5 Å². The topological polar surface area (TPSA) is 109 Å². The van der Waals surface area contributed by atoms with Crippen LogP contribution in [0.5, 0.6) is 5.75 Å². The number of hydrogen-bond acceptors (Lipinski definition) is 7. The number of anilines is 2. The molecule has 3 heterocycles. The van der Waals surface area contributed by atoms with Gasteiger partial charge in [-0.3, -0.25) is 9.48 Å². The zero-order valence-electron chi connectivity index (χ0n) is 22.5. The van der Waals surface area contributed by atoms with E-state index >= 15 is 0 Å². The maximum atomic E-state index is 14.1. The minimum Gasteiger partial charge on any atom is -0.497 e. The number of rotatable bonds is 9. The molecular weight excluding hydrogens is 528 g/mol. The lowest BCUT2D eigenvalue weighted by Crippen LogP contribution is -2.39. The highest BCUT2D eigenvalue weighted by Gasteiger charge is 2.28. The fourth-order valence-electron chi connectivity index (χ4n) is 5.03. The van der Waals surface area contributed by atoms with E-state index in [1.165, 1.54) is 6.07 Å². The Labute approximate surface area is 236 Å². The predicted molar refractivity (Wildman–Crippen MR) is 148 cm³/mol. The van der Waals surface area contributed by atoms with Crippen LogP contribution in [0.3, 0.4) is 0 Å². The molecule has 4 aromatic rings. The fourth-order valence-corrected chi connectivity index (χ4v) is 5.03. The molecule has 0 spiro atoms. The number of amides is 1. The lowest BCUT2D eigenvalue weighted by atomic mass is 9.89. The second kappa shape index (κ2) is 12.6. The van der Waals surface area contributed by atoms with Gasteiger partial charge in [0.05, 0.1) is 43.1 Å². The van der Waals surface area contributed by atoms with Crippen molar-refractivity contribution in [2.24, 2.45) is 5.92 Å². The Bertz CT molecular complexity index is 1540. The van der Waals surface area contributed by atoms with E-state index in [4.69, 9.17) is 4.74 Å². The van der Waals surface area contributed by atoms with Crippen LogP contribution in [0.4, 0.5) is 20.4 Å². The molecule has 0 radical (unpaired) electrons. The number of nitriles is 1. The van der Waals surface area contributed by atoms with Gasteiger partial charge in [-0.15, -0.1) is 0 Å². The molecule has 1 aliphatic heterocycles. The van der Waals surface area contributed by atoms with Crippen molar-refractivity contribution >= 4 is 17.5 Å². The highest BCUT2D eigenvalue weighted by atomic mass is 19.1. The summed E-state index contributed by atoms with van der Waals surface area (Å²) in [6.45, 7) is 0.934. The third-order valence-corrected chi connectivity index (χ3v) is 7.27. The second-order valence-electron chi connectivity index (χ2n) is 9.94. The van der Waals surface area contributed by atoms with Gasteiger partial charge in [0.2, 0.25) is 5.95 Å². The number of halogens is 2. The van der Waals surface area contributed by atoms with Crippen molar-refractivity contribution in [1.29, 1.82) is 5.26 Å². The quantitative estimate of drug-likeness (QED) is 0.278. The van der Waals surface area contributed by atoms with Gasteiger partial charge in [0, 0.05) is 42.8 Å². The van der Waals surface area contributed by atoms with Gasteiger partial charge >= 0.3 is 0 Å². The number of nitrogens with zero attached hydrogens (tertiary/aromatic N) is 6. The lowest BCUT2D eigenvalue weighted by molar-refractivity contribution is 0.0674. The van der Waals surface area contributed by atoms with Gasteiger partial charge < -0.3 is 15.0 Å². The maximum Gasteiger partial charge on any atom is 0.256 e. The van der Waals surface area contributed by atoms with E-state index < -0.39 is 17.5 Å². The Hall–Kier alpha value is -4.85. The summed E-state index contributed by atoms with van der Waals surface area (Å²) in [5, 5.41) is 17.2. The number of aromatic nitrogens is 4. The molecule has 5 rings (SSSR count). The first-order chi connectivity index (χ1) is 19.9. The SMILES string of the molecule is COc1ccc(Nc2nccc(-c3cnn(C(CC#N)CC4CCN(C(=O)c5ccc(F)cc5F)CC4)c3)n2)cc1. The zero-order valence-corrected chi connectivity index (χ0v) is 22.5. The van der Waals surface area contributed by atoms with Gasteiger partial charge in [0.25, 0.3) is 5.91 Å². The fraction of sp³-hybridized carbons (Fsp3) is 0.300. The monoisotopic (exact) mass is 557 g/mol. The van der Waals surface area contributed by atoms with Gasteiger partial charge in [-0.2, -0.15) is 10.4 Å². The van der Waals surface area contributed by atoms with Crippen molar-refractivity contribution in [3.63, 3.8) is 0 Å². The highest BCUT2D eigenvalue weighted by molar-refractivity contribution is 5.94. The van der Waals surface area contributed by atoms with Crippen molar-refractivity contribution in [2.45, 2.75) is 31.7 Å². The molecule has 0 aliphatic carbocycles. The van der Waals surface area contributed by atoms with Crippen molar-refractivity contribution in [1.82, 2.24) is 24.6 Å². The predicted octanol–water partition coefficient (Wildman–Crippen LogP) is 5.77. The van der Waals surface area contributed by atoms with Gasteiger partial charge in [-0.1, -0.05) is 0 Å². The summed E-state index contributed by atoms with van der Waals surface area (Å²) in [7, 11) is 1.61. The molecule has 1 fully saturated rings. The molecule has 9 nitrogen and oxygen atoms in total. The Morgan fingerprint density at radius 2 is 1.95 bits per heavy atom. The number of benzene rings is 2. The molecule has 41 heavy (non-hydrogen) atoms. The van der Waals surface area contributed by atoms with Crippen molar-refractivity contribution < 1.29 is 18.3 Å². The van der Waals surface area contributed by atoms with Crippen molar-refractivity contribution in [2.75, 3.05) is 25.5 Å². The Balaban J connectivity index is 1.21. The molecule has 0 bridgehead atoms. The van der Waals surface area contributed by atoms with E-state index in [0.717, 1.165) is 48.4 Å². The molecule has 210 valence electrons. The van der Waals surface area contributed by atoms with E-state index in [9.17, 15) is 18.8 Å². The normalized spacial score (nSPS) is 14.3. The summed E-state index contributed by atoms with van der Waals surface area (Å²) in [5.74, 6) is -0.541. The molecule has 1 N–H and O–H groups in total. The van der Waals surface area contributed by atoms with Crippen LogP contribution in [0, 0.1) is 28.9 Å². The third-order valence-electron chi connectivity index (χ3n) is 7.27. The third kappa shape index (κ3) is 6.66. The van der Waals surface area contributed by atoms with E-state index in [1.807, 2.05) is 35.1 Å². The van der Waals surface area contributed by atoms with Gasteiger partial charge in [-0.05, 0) is 67.6 Å². The van der Waals surface area contributed by atoms with Crippen LogP contribution in [0.2, 0.25) is 0 Å². The Morgan fingerprint density at radius 1 is 1.17 bits per heavy atom. The molecule has 11 heteroatoms. The Morgan fingerprint density at radius 3 is 2.66 bits per heavy atom. The lowest BCUT2D eigenvalue weighted by Gasteiger charge is -2.33. The molecule has 1 unspecified atom stereocenters. The molecule has 2 aromatic carbocycles. The van der Waals surface area contributed by atoms with Crippen LogP contribution in [0.25, 0.3) is 11.3 Å². The summed E-state index contributed by atoms with van der Waals surface area (Å²) in [4.78, 5) is 23.3. The minimum absolute atomic E-state index is 0.122. The molecule has 0 saturated carbocycles. The summed E-state index contributed by atoms with van der Waals surface area (Å²) in [6, 6.07) is 14.4. The number of hydrogen-bond donors (Lipinski definition) is 1. The van der Waals surface area contributed by atoms with E-state index in [-0.39, 0.29) is 23.9 Å². The summed E-state index contributed by atoms with van der Waals surface area (Å²) >= 11 is 0. The van der Waals surface area contributed by atoms with Gasteiger partial charge in [-0.25, -0.2) is 18.7 Å². The molecule has 2 aromatic heterocycles. The number of nitrogens with one attached hydrogen (secondary N) is 1. The highest BCUT2D eigenvalue weighted by Crippen LogP contribution is 2.30. The minimum atomic E-state index is -0.854. The maximum absolute atomic E-state index is 14.1. The summed E-state index contributed by atoms with van der Waals surface area (Å²) in [5.41, 5.74) is 2.19. The second-order valence-corrected chi connectivity index (χ2v) is 9.94. The van der Waals surface area contributed by atoms with Crippen molar-refractivity contribution in [3.8, 4) is 23.1 Å². The van der Waals surface area contributed by atoms with Crippen LogP contribution in [-0.2, 0) is 0 Å². The first-order valence-electron chi connectivity index (χ1n) is 13.3. The number of carbonyl (C=O) groups is 1. The summed E-state index contributed by atoms with van der Waals surface area (Å²) < 4.78 is 34.3. The molecular formula is C30H29F2N7O2. The van der Waals surface area contributed by atoms with Gasteiger partial charge in [0.1, 0.15) is 17.4 Å². The van der Waals surface area contributed by atoms with Crippen LogP contribution in [0.15, 0.2) is 67.1 Å². The average Bonchev–Trinajstić information content (AvgIpc) is 3.48. The first-order valence-corrected chi connectivity index (χ1v) is 13.3. The summed E-state index contributed by atoms with van der Waals surface area (Å²) in [6.07, 6.45) is 7.73. The molecule has 1 aliphatic rings. The zero-order chi connectivity index (χ0) is 28.8. The molecule has 1 saturated heterocycles. The smallest absolute Gasteiger partial charge is 0.256 e. The number of methoxy groups -OCH3 is 1. The number of likely N-dealkylation sites (tertiary alicyclic amines) is 1. The van der Waals surface area contributed by atoms with Crippen LogP contribution in [0.1, 0.15) is 42.1 Å². The first kappa shape index (κ1) is 27.7.